The zero-order valence-electron chi connectivity index (χ0n) is 10.7. The van der Waals surface area contributed by atoms with Crippen molar-refractivity contribution in [3.05, 3.63) is 21.6 Å². The number of hydrogen-bond donors (Lipinski definition) is 0. The maximum absolute atomic E-state index is 13.6. The Labute approximate surface area is 103 Å². The van der Waals surface area contributed by atoms with Crippen LogP contribution in [0.1, 0.15) is 56.2 Å². The highest BCUT2D eigenvalue weighted by Crippen LogP contribution is 2.27. The molecule has 0 amide bonds. The smallest absolute Gasteiger partial charge is 0.137 e. The molecule has 1 unspecified atom stereocenters. The zero-order chi connectivity index (χ0) is 12.0. The first-order chi connectivity index (χ1) is 7.71. The van der Waals surface area contributed by atoms with Crippen LogP contribution in [0.5, 0.6) is 0 Å². The summed E-state index contributed by atoms with van der Waals surface area (Å²) in [6.45, 7) is 6.52. The van der Waals surface area contributed by atoms with Crippen molar-refractivity contribution in [1.82, 2.24) is 0 Å². The molecule has 1 heterocycles. The Balaban J connectivity index is 2.58. The van der Waals surface area contributed by atoms with Crippen molar-refractivity contribution < 1.29 is 4.39 Å². The van der Waals surface area contributed by atoms with Crippen LogP contribution < -0.4 is 0 Å². The number of thiophene rings is 1. The molecule has 0 spiro atoms. The van der Waals surface area contributed by atoms with Crippen molar-refractivity contribution in [1.29, 1.82) is 0 Å². The van der Waals surface area contributed by atoms with Crippen LogP contribution in [0, 0.1) is 11.7 Å². The first-order valence-electron chi connectivity index (χ1n) is 6.48. The Morgan fingerprint density at radius 1 is 1.31 bits per heavy atom. The molecule has 0 saturated heterocycles. The summed E-state index contributed by atoms with van der Waals surface area (Å²) in [6.07, 6.45) is 6.81. The van der Waals surface area contributed by atoms with Crippen molar-refractivity contribution in [3.8, 4) is 0 Å². The van der Waals surface area contributed by atoms with Crippen LogP contribution in [0.4, 0.5) is 4.39 Å². The number of aryl methyl sites for hydroxylation is 1. The molecule has 0 N–H and O–H groups in total. The molecule has 0 aromatic carbocycles. The van der Waals surface area contributed by atoms with Crippen molar-refractivity contribution in [2.24, 2.45) is 5.92 Å². The molecule has 0 radical (unpaired) electrons. The lowest BCUT2D eigenvalue weighted by molar-refractivity contribution is 0.444. The maximum Gasteiger partial charge on any atom is 0.137 e. The van der Waals surface area contributed by atoms with Gasteiger partial charge < -0.3 is 0 Å². The topological polar surface area (TPSA) is 0 Å². The van der Waals surface area contributed by atoms with E-state index in [4.69, 9.17) is 0 Å². The molecular weight excluding hydrogens is 219 g/mol. The van der Waals surface area contributed by atoms with E-state index in [1.807, 2.05) is 0 Å². The van der Waals surface area contributed by atoms with Crippen LogP contribution in [0.3, 0.4) is 0 Å². The van der Waals surface area contributed by atoms with Gasteiger partial charge in [-0.15, -0.1) is 11.3 Å². The average molecular weight is 242 g/mol. The van der Waals surface area contributed by atoms with Gasteiger partial charge in [-0.2, -0.15) is 0 Å². The lowest BCUT2D eigenvalue weighted by Crippen LogP contribution is -2.03. The highest BCUT2D eigenvalue weighted by molar-refractivity contribution is 7.12. The third-order valence-corrected chi connectivity index (χ3v) is 4.45. The summed E-state index contributed by atoms with van der Waals surface area (Å²) >= 11 is 1.66. The first kappa shape index (κ1) is 13.7. The Hall–Kier alpha value is -0.370. The summed E-state index contributed by atoms with van der Waals surface area (Å²) in [7, 11) is 0. The zero-order valence-corrected chi connectivity index (χ0v) is 11.5. The van der Waals surface area contributed by atoms with Crippen molar-refractivity contribution in [2.45, 2.75) is 59.3 Å². The van der Waals surface area contributed by atoms with Crippen molar-refractivity contribution in [3.63, 3.8) is 0 Å². The summed E-state index contributed by atoms with van der Waals surface area (Å²) in [4.78, 5) is 2.15. The molecule has 16 heavy (non-hydrogen) atoms. The molecule has 92 valence electrons. The third-order valence-electron chi connectivity index (χ3n) is 3.17. The van der Waals surface area contributed by atoms with Crippen LogP contribution in [0.2, 0.25) is 0 Å². The van der Waals surface area contributed by atoms with Gasteiger partial charge in [-0.25, -0.2) is 4.39 Å². The van der Waals surface area contributed by atoms with Crippen LogP contribution in [-0.2, 0) is 12.8 Å². The van der Waals surface area contributed by atoms with Gasteiger partial charge in [-0.05, 0) is 24.8 Å². The summed E-state index contributed by atoms with van der Waals surface area (Å²) in [5.41, 5.74) is 0. The Morgan fingerprint density at radius 3 is 2.56 bits per heavy atom. The second-order valence-electron chi connectivity index (χ2n) is 4.46. The molecule has 0 aliphatic heterocycles. The van der Waals surface area contributed by atoms with E-state index in [1.165, 1.54) is 30.6 Å². The van der Waals surface area contributed by atoms with Crippen LogP contribution in [0.25, 0.3) is 0 Å². The molecule has 1 aromatic rings. The van der Waals surface area contributed by atoms with Gasteiger partial charge in [0.2, 0.25) is 0 Å². The largest absolute Gasteiger partial charge is 0.206 e. The van der Waals surface area contributed by atoms with Crippen molar-refractivity contribution >= 4 is 11.3 Å². The standard InChI is InChI=1S/C14H23FS/c1-4-7-8-11(5-2)9-14-13(15)10-12(6-3)16-14/h10-11H,4-9H2,1-3H3. The Morgan fingerprint density at radius 2 is 2.06 bits per heavy atom. The molecule has 1 atom stereocenters. The second kappa shape index (κ2) is 7.05. The van der Waals surface area contributed by atoms with Crippen molar-refractivity contribution in [2.75, 3.05) is 0 Å². The molecule has 1 rings (SSSR count). The minimum absolute atomic E-state index is 0.0248. The molecule has 2 heteroatoms. The first-order valence-corrected chi connectivity index (χ1v) is 7.29. The van der Waals surface area contributed by atoms with E-state index in [2.05, 4.69) is 20.8 Å². The summed E-state index contributed by atoms with van der Waals surface area (Å²) < 4.78 is 13.6. The van der Waals surface area contributed by atoms with Gasteiger partial charge in [-0.1, -0.05) is 46.5 Å². The molecule has 0 aliphatic carbocycles. The summed E-state index contributed by atoms with van der Waals surface area (Å²) in [6, 6.07) is 1.71. The van der Waals surface area contributed by atoms with Gasteiger partial charge in [0.1, 0.15) is 5.82 Å². The lowest BCUT2D eigenvalue weighted by Gasteiger charge is -2.12. The van der Waals surface area contributed by atoms with Gasteiger partial charge in [0, 0.05) is 9.75 Å². The van der Waals surface area contributed by atoms with E-state index in [0.717, 1.165) is 17.7 Å². The van der Waals surface area contributed by atoms with E-state index in [9.17, 15) is 4.39 Å². The minimum Gasteiger partial charge on any atom is -0.206 e. The fourth-order valence-electron chi connectivity index (χ4n) is 1.98. The third kappa shape index (κ3) is 3.89. The quantitative estimate of drug-likeness (QED) is 0.616. The monoisotopic (exact) mass is 242 g/mol. The highest BCUT2D eigenvalue weighted by Gasteiger charge is 2.13. The number of hydrogen-bond acceptors (Lipinski definition) is 1. The summed E-state index contributed by atoms with van der Waals surface area (Å²) in [5, 5.41) is 0. The molecule has 0 aliphatic rings. The second-order valence-corrected chi connectivity index (χ2v) is 5.68. The maximum atomic E-state index is 13.6. The van der Waals surface area contributed by atoms with Crippen LogP contribution in [-0.4, -0.2) is 0 Å². The molecular formula is C14H23FS. The van der Waals surface area contributed by atoms with Gasteiger partial charge in [0.15, 0.2) is 0 Å². The fourth-order valence-corrected chi connectivity index (χ4v) is 3.08. The average Bonchev–Trinajstić information content (AvgIpc) is 2.65. The predicted octanol–water partition coefficient (Wildman–Crippen LogP) is 5.21. The van der Waals surface area contributed by atoms with Crippen LogP contribution in [0.15, 0.2) is 6.07 Å². The molecule has 0 fully saturated rings. The van der Waals surface area contributed by atoms with E-state index < -0.39 is 0 Å². The Bertz CT molecular complexity index is 304. The van der Waals surface area contributed by atoms with Crippen LogP contribution >= 0.6 is 11.3 Å². The molecule has 0 bridgehead atoms. The predicted molar refractivity (Wildman–Crippen MR) is 70.7 cm³/mol. The van der Waals surface area contributed by atoms with Gasteiger partial charge in [0.25, 0.3) is 0 Å². The van der Waals surface area contributed by atoms with E-state index in [0.29, 0.717) is 5.92 Å². The number of rotatable bonds is 7. The normalized spacial score (nSPS) is 13.0. The van der Waals surface area contributed by atoms with E-state index >= 15 is 0 Å². The summed E-state index contributed by atoms with van der Waals surface area (Å²) in [5.74, 6) is 0.689. The SMILES string of the molecule is CCCCC(CC)Cc1sc(CC)cc1F. The highest BCUT2D eigenvalue weighted by atomic mass is 32.1. The lowest BCUT2D eigenvalue weighted by atomic mass is 9.95. The van der Waals surface area contributed by atoms with E-state index in [1.54, 1.807) is 17.4 Å². The minimum atomic E-state index is 0.0248. The Kier molecular flexibility index (Phi) is 6.04. The molecule has 1 aromatic heterocycles. The number of halogens is 1. The number of unbranched alkanes of at least 4 members (excludes halogenated alkanes) is 1. The van der Waals surface area contributed by atoms with Gasteiger partial charge in [0.05, 0.1) is 0 Å². The van der Waals surface area contributed by atoms with Gasteiger partial charge in [-0.3, -0.25) is 0 Å². The molecule has 0 saturated carbocycles. The fraction of sp³-hybridized carbons (Fsp3) is 0.714. The molecule has 0 nitrogen and oxygen atoms in total. The van der Waals surface area contributed by atoms with Gasteiger partial charge >= 0.3 is 0 Å². The van der Waals surface area contributed by atoms with E-state index in [-0.39, 0.29) is 5.82 Å².